The van der Waals surface area contributed by atoms with Gasteiger partial charge < -0.3 is 28.6 Å². The lowest BCUT2D eigenvalue weighted by atomic mass is 10.0. The highest BCUT2D eigenvalue weighted by Crippen LogP contribution is 2.14. The van der Waals surface area contributed by atoms with E-state index >= 15 is 0 Å². The average molecular weight is 654 g/mol. The number of carbonyl (C=O) groups excluding carboxylic acids is 3. The molecule has 0 saturated carbocycles. The molecule has 0 aliphatic carbocycles. The predicted molar refractivity (Wildman–Crippen MR) is 185 cm³/mol. The minimum atomic E-state index is -1.13. The number of hydrogen-bond donors (Lipinski definition) is 0. The van der Waals surface area contributed by atoms with Crippen molar-refractivity contribution in [3.8, 4) is 0 Å². The predicted octanol–water partition coefficient (Wildman–Crippen LogP) is 7.85. The van der Waals surface area contributed by atoms with Crippen LogP contribution in [-0.2, 0) is 28.6 Å². The number of ether oxygens (including phenoxy) is 3. The minimum absolute atomic E-state index is 0.0298. The van der Waals surface area contributed by atoms with Crippen LogP contribution in [0.4, 0.5) is 0 Å². The summed E-state index contributed by atoms with van der Waals surface area (Å²) in [6.07, 6.45) is 28.3. The highest BCUT2D eigenvalue weighted by molar-refractivity contribution is 5.70. The Morgan fingerprint density at radius 1 is 0.630 bits per heavy atom. The van der Waals surface area contributed by atoms with E-state index < -0.39 is 18.1 Å². The first-order valence-corrected chi connectivity index (χ1v) is 18.7. The standard InChI is InChI=1S/C38H71NO7/c1-6-8-10-12-14-16-17-18-19-20-21-23-24-26-28-36(40)45-33-34(32-44-31-30-35(38(42)43)39(3,4)5)46-37(41)29-27-25-22-15-13-11-9-7-2/h22,25,34-35H,6-21,23-24,26-33H2,1-5H3/b25-22+. The van der Waals surface area contributed by atoms with Gasteiger partial charge in [-0.05, 0) is 25.7 Å². The molecule has 0 aliphatic rings. The van der Waals surface area contributed by atoms with Crippen LogP contribution in [0.25, 0.3) is 0 Å². The molecule has 8 heteroatoms. The van der Waals surface area contributed by atoms with Crippen molar-refractivity contribution in [2.45, 2.75) is 174 Å². The van der Waals surface area contributed by atoms with Gasteiger partial charge in [0.15, 0.2) is 6.10 Å². The SMILES string of the molecule is CCCCCC/C=C/CCC(=O)OC(COCCC(C(=O)[O-])[N+](C)(C)C)COC(=O)CCCCCCCCCCCCCCCC. The Balaban J connectivity index is 4.38. The van der Waals surface area contributed by atoms with Crippen LogP contribution < -0.4 is 5.11 Å². The second kappa shape index (κ2) is 30.4. The molecule has 0 aromatic rings. The Hall–Kier alpha value is -1.93. The van der Waals surface area contributed by atoms with Crippen molar-refractivity contribution >= 4 is 17.9 Å². The lowest BCUT2D eigenvalue weighted by molar-refractivity contribution is -0.889. The van der Waals surface area contributed by atoms with E-state index in [9.17, 15) is 19.5 Å². The second-order valence-corrected chi connectivity index (χ2v) is 13.8. The van der Waals surface area contributed by atoms with E-state index in [1.54, 1.807) is 21.1 Å². The fourth-order valence-corrected chi connectivity index (χ4v) is 5.44. The van der Waals surface area contributed by atoms with Crippen molar-refractivity contribution in [2.24, 2.45) is 0 Å². The lowest BCUT2D eigenvalue weighted by Gasteiger charge is -2.34. The molecular formula is C38H71NO7. The summed E-state index contributed by atoms with van der Waals surface area (Å²) in [5, 5.41) is 11.5. The quantitative estimate of drug-likeness (QED) is 0.0308. The van der Waals surface area contributed by atoms with E-state index in [1.807, 2.05) is 6.08 Å². The maximum Gasteiger partial charge on any atom is 0.306 e. The molecule has 0 radical (unpaired) electrons. The third kappa shape index (κ3) is 28.3. The van der Waals surface area contributed by atoms with E-state index in [2.05, 4.69) is 19.9 Å². The fourth-order valence-electron chi connectivity index (χ4n) is 5.44. The molecule has 0 N–H and O–H groups in total. The van der Waals surface area contributed by atoms with Gasteiger partial charge in [-0.1, -0.05) is 129 Å². The van der Waals surface area contributed by atoms with Crippen molar-refractivity contribution in [2.75, 3.05) is 41.0 Å². The molecule has 0 aromatic carbocycles. The van der Waals surface area contributed by atoms with Crippen molar-refractivity contribution < 1.29 is 38.2 Å². The van der Waals surface area contributed by atoms with E-state index in [0.29, 0.717) is 12.8 Å². The molecule has 2 atom stereocenters. The zero-order valence-corrected chi connectivity index (χ0v) is 30.5. The Kier molecular flexibility index (Phi) is 29.1. The van der Waals surface area contributed by atoms with Crippen LogP contribution in [0.3, 0.4) is 0 Å². The smallest absolute Gasteiger partial charge is 0.306 e. The van der Waals surface area contributed by atoms with E-state index in [1.165, 1.54) is 89.9 Å². The van der Waals surface area contributed by atoms with Gasteiger partial charge in [0.1, 0.15) is 12.6 Å². The summed E-state index contributed by atoms with van der Waals surface area (Å²) in [6.45, 7) is 4.57. The number of unbranched alkanes of at least 4 members (excludes halogenated alkanes) is 17. The summed E-state index contributed by atoms with van der Waals surface area (Å²) >= 11 is 0. The second-order valence-electron chi connectivity index (χ2n) is 13.8. The number of quaternary nitrogens is 1. The van der Waals surface area contributed by atoms with Crippen LogP contribution in [-0.4, -0.2) is 75.5 Å². The average Bonchev–Trinajstić information content (AvgIpc) is 3.00. The summed E-state index contributed by atoms with van der Waals surface area (Å²) in [7, 11) is 5.38. The van der Waals surface area contributed by atoms with Crippen molar-refractivity contribution in [1.29, 1.82) is 0 Å². The number of nitrogens with zero attached hydrogens (tertiary/aromatic N) is 1. The number of aliphatic carboxylic acids is 1. The van der Waals surface area contributed by atoms with Crippen LogP contribution in [0.1, 0.15) is 162 Å². The molecule has 0 fully saturated rings. The molecule has 0 rings (SSSR count). The zero-order valence-electron chi connectivity index (χ0n) is 30.5. The van der Waals surface area contributed by atoms with Gasteiger partial charge in [-0.25, -0.2) is 0 Å². The third-order valence-corrected chi connectivity index (χ3v) is 8.42. The number of hydrogen-bond acceptors (Lipinski definition) is 7. The molecule has 270 valence electrons. The van der Waals surface area contributed by atoms with Crippen molar-refractivity contribution in [3.63, 3.8) is 0 Å². The van der Waals surface area contributed by atoms with Crippen molar-refractivity contribution in [1.82, 2.24) is 0 Å². The third-order valence-electron chi connectivity index (χ3n) is 8.42. The normalized spacial score (nSPS) is 13.2. The number of carboxylic acids is 1. The van der Waals surface area contributed by atoms with Gasteiger partial charge in [0.2, 0.25) is 0 Å². The molecule has 2 unspecified atom stereocenters. The van der Waals surface area contributed by atoms with Crippen LogP contribution in [0.15, 0.2) is 12.2 Å². The largest absolute Gasteiger partial charge is 0.544 e. The topological polar surface area (TPSA) is 102 Å². The number of carbonyl (C=O) groups is 3. The summed E-state index contributed by atoms with van der Waals surface area (Å²) in [5.74, 6) is -1.80. The van der Waals surface area contributed by atoms with Crippen molar-refractivity contribution in [3.05, 3.63) is 12.2 Å². The van der Waals surface area contributed by atoms with E-state index in [-0.39, 0.29) is 49.1 Å². The van der Waals surface area contributed by atoms with Crippen LogP contribution in [0.5, 0.6) is 0 Å². The number of likely N-dealkylation sites (N-methyl/N-ethyl adjacent to an activating group) is 1. The first-order chi connectivity index (χ1) is 22.1. The molecule has 0 aromatic heterocycles. The first kappa shape index (κ1) is 44.1. The molecular weight excluding hydrogens is 582 g/mol. The van der Waals surface area contributed by atoms with E-state index in [4.69, 9.17) is 14.2 Å². The molecule has 46 heavy (non-hydrogen) atoms. The lowest BCUT2D eigenvalue weighted by Crippen LogP contribution is -2.55. The van der Waals surface area contributed by atoms with Gasteiger partial charge in [-0.2, -0.15) is 0 Å². The van der Waals surface area contributed by atoms with Gasteiger partial charge >= 0.3 is 11.9 Å². The number of carboxylic acid groups (broad SMARTS) is 1. The maximum atomic E-state index is 12.5. The van der Waals surface area contributed by atoms with Gasteiger partial charge in [-0.3, -0.25) is 9.59 Å². The summed E-state index contributed by atoms with van der Waals surface area (Å²) in [6, 6.07) is -0.724. The maximum absolute atomic E-state index is 12.5. The zero-order chi connectivity index (χ0) is 34.3. The minimum Gasteiger partial charge on any atom is -0.544 e. The Bertz CT molecular complexity index is 778. The Morgan fingerprint density at radius 2 is 1.13 bits per heavy atom. The molecule has 0 bridgehead atoms. The molecule has 8 nitrogen and oxygen atoms in total. The van der Waals surface area contributed by atoms with E-state index in [0.717, 1.165) is 32.1 Å². The first-order valence-electron chi connectivity index (χ1n) is 18.7. The molecule has 0 heterocycles. The fraction of sp³-hybridized carbons (Fsp3) is 0.868. The molecule has 0 amide bonds. The summed E-state index contributed by atoms with van der Waals surface area (Å²) in [5.41, 5.74) is 0. The monoisotopic (exact) mass is 654 g/mol. The highest BCUT2D eigenvalue weighted by atomic mass is 16.6. The summed E-state index contributed by atoms with van der Waals surface area (Å²) < 4.78 is 17.0. The number of allylic oxidation sites excluding steroid dienone is 2. The number of rotatable bonds is 33. The van der Waals surface area contributed by atoms with Gasteiger partial charge in [0.05, 0.1) is 40.3 Å². The molecule has 0 spiro atoms. The number of esters is 2. The van der Waals surface area contributed by atoms with Crippen LogP contribution in [0, 0.1) is 0 Å². The highest BCUT2D eigenvalue weighted by Gasteiger charge is 2.25. The molecule has 0 aliphatic heterocycles. The van der Waals surface area contributed by atoms with Crippen LogP contribution >= 0.6 is 0 Å². The van der Waals surface area contributed by atoms with Gasteiger partial charge in [0, 0.05) is 19.3 Å². The Labute approximate surface area is 282 Å². The van der Waals surface area contributed by atoms with Gasteiger partial charge in [-0.15, -0.1) is 0 Å². The molecule has 0 saturated heterocycles. The van der Waals surface area contributed by atoms with Crippen LogP contribution in [0.2, 0.25) is 0 Å². The van der Waals surface area contributed by atoms with Gasteiger partial charge in [0.25, 0.3) is 0 Å². The Morgan fingerprint density at radius 3 is 1.65 bits per heavy atom. The summed E-state index contributed by atoms with van der Waals surface area (Å²) in [4.78, 5) is 36.5.